The van der Waals surface area contributed by atoms with E-state index in [1.165, 1.54) is 57.8 Å². The normalized spacial score (nSPS) is 13.7. The molecular weight excluding hydrogens is 288 g/mol. The summed E-state index contributed by atoms with van der Waals surface area (Å²) in [5.41, 5.74) is 4.77. The van der Waals surface area contributed by atoms with Gasteiger partial charge in [0.2, 0.25) is 5.91 Å². The second-order valence-electron chi connectivity index (χ2n) is 7.02. The molecule has 0 radical (unpaired) electrons. The maximum atomic E-state index is 11.7. The fourth-order valence-electron chi connectivity index (χ4n) is 2.56. The number of aliphatic hydroxyl groups is 1. The molecule has 0 aromatic carbocycles. The zero-order valence-corrected chi connectivity index (χ0v) is 15.5. The van der Waals surface area contributed by atoms with Crippen LogP contribution in [0.4, 0.5) is 0 Å². The van der Waals surface area contributed by atoms with E-state index in [0.717, 1.165) is 19.5 Å². The van der Waals surface area contributed by atoms with Crippen molar-refractivity contribution < 1.29 is 9.90 Å². The van der Waals surface area contributed by atoms with Crippen LogP contribution in [0.25, 0.3) is 0 Å². The third-order valence-corrected chi connectivity index (χ3v) is 4.61. The molecule has 0 aromatic heterocycles. The summed E-state index contributed by atoms with van der Waals surface area (Å²) in [6, 6.07) is 0. The summed E-state index contributed by atoms with van der Waals surface area (Å²) in [6.45, 7) is 5.33. The minimum absolute atomic E-state index is 0.0659. The maximum Gasteiger partial charge on any atom is 0.220 e. The van der Waals surface area contributed by atoms with Crippen molar-refractivity contribution in [2.75, 3.05) is 13.1 Å². The Hall–Kier alpha value is -0.610. The molecule has 4 heteroatoms. The van der Waals surface area contributed by atoms with Gasteiger partial charge in [-0.05, 0) is 39.2 Å². The highest BCUT2D eigenvalue weighted by Gasteiger charge is 2.18. The van der Waals surface area contributed by atoms with Crippen LogP contribution in [-0.2, 0) is 4.79 Å². The quantitative estimate of drug-likeness (QED) is 0.376. The first kappa shape index (κ1) is 22.4. The molecule has 0 aliphatic carbocycles. The van der Waals surface area contributed by atoms with Crippen LogP contribution in [0.1, 0.15) is 97.3 Å². The van der Waals surface area contributed by atoms with Gasteiger partial charge in [0.05, 0.1) is 5.60 Å². The number of nitrogens with one attached hydrogen (secondary N) is 1. The number of amides is 1. The second kappa shape index (κ2) is 14.9. The van der Waals surface area contributed by atoms with Gasteiger partial charge in [-0.2, -0.15) is 0 Å². The Morgan fingerprint density at radius 1 is 0.957 bits per heavy atom. The van der Waals surface area contributed by atoms with Crippen LogP contribution < -0.4 is 11.1 Å². The molecule has 1 unspecified atom stereocenters. The van der Waals surface area contributed by atoms with E-state index in [2.05, 4.69) is 5.32 Å². The zero-order valence-electron chi connectivity index (χ0n) is 15.5. The van der Waals surface area contributed by atoms with Gasteiger partial charge in [0.25, 0.3) is 0 Å². The summed E-state index contributed by atoms with van der Waals surface area (Å²) in [7, 11) is 0. The SMILES string of the molecule is CCC(C)(O)CCC(=O)NCCCCCCCCCCCCN. The largest absolute Gasteiger partial charge is 0.390 e. The molecule has 0 bridgehead atoms. The summed E-state index contributed by atoms with van der Waals surface area (Å²) >= 11 is 0. The van der Waals surface area contributed by atoms with E-state index >= 15 is 0 Å². The molecule has 4 N–H and O–H groups in total. The van der Waals surface area contributed by atoms with Crippen molar-refractivity contribution in [1.29, 1.82) is 0 Å². The first-order valence-electron chi connectivity index (χ1n) is 9.71. The number of carbonyl (C=O) groups is 1. The number of hydrogen-bond acceptors (Lipinski definition) is 3. The molecule has 0 heterocycles. The Labute approximate surface area is 143 Å². The van der Waals surface area contributed by atoms with E-state index < -0.39 is 5.60 Å². The molecule has 0 aliphatic heterocycles. The van der Waals surface area contributed by atoms with Gasteiger partial charge in [0, 0.05) is 13.0 Å². The van der Waals surface area contributed by atoms with Crippen LogP contribution in [0.5, 0.6) is 0 Å². The van der Waals surface area contributed by atoms with E-state index in [4.69, 9.17) is 5.73 Å². The monoisotopic (exact) mass is 328 g/mol. The summed E-state index contributed by atoms with van der Waals surface area (Å²) in [6.07, 6.45) is 14.3. The highest BCUT2D eigenvalue weighted by Crippen LogP contribution is 2.15. The van der Waals surface area contributed by atoms with Gasteiger partial charge in [-0.3, -0.25) is 4.79 Å². The highest BCUT2D eigenvalue weighted by atomic mass is 16.3. The summed E-state index contributed by atoms with van der Waals surface area (Å²) in [5.74, 6) is 0.0659. The molecule has 0 saturated heterocycles. The third-order valence-electron chi connectivity index (χ3n) is 4.61. The van der Waals surface area contributed by atoms with Crippen molar-refractivity contribution in [3.8, 4) is 0 Å². The van der Waals surface area contributed by atoms with Gasteiger partial charge >= 0.3 is 0 Å². The van der Waals surface area contributed by atoms with E-state index in [1.807, 2.05) is 6.92 Å². The second-order valence-corrected chi connectivity index (χ2v) is 7.02. The predicted octanol–water partition coefficient (Wildman–Crippen LogP) is 3.90. The van der Waals surface area contributed by atoms with Crippen LogP contribution >= 0.6 is 0 Å². The Morgan fingerprint density at radius 3 is 1.91 bits per heavy atom. The molecule has 0 spiro atoms. The topological polar surface area (TPSA) is 75.3 Å². The van der Waals surface area contributed by atoms with E-state index in [9.17, 15) is 9.90 Å². The minimum Gasteiger partial charge on any atom is -0.390 e. The zero-order chi connectivity index (χ0) is 17.4. The van der Waals surface area contributed by atoms with Gasteiger partial charge in [0.15, 0.2) is 0 Å². The minimum atomic E-state index is -0.707. The number of unbranched alkanes of at least 4 members (excludes halogenated alkanes) is 9. The standard InChI is InChI=1S/C19H40N2O2/c1-3-19(2,23)15-14-18(22)21-17-13-11-9-7-5-4-6-8-10-12-16-20/h23H,3-17,20H2,1-2H3,(H,21,22). The molecule has 138 valence electrons. The van der Waals surface area contributed by atoms with Crippen LogP contribution in [0, 0.1) is 0 Å². The number of carbonyl (C=O) groups excluding carboxylic acids is 1. The fraction of sp³-hybridized carbons (Fsp3) is 0.947. The predicted molar refractivity (Wildman–Crippen MR) is 98.4 cm³/mol. The fourth-order valence-corrected chi connectivity index (χ4v) is 2.56. The number of rotatable bonds is 16. The van der Waals surface area contributed by atoms with Gasteiger partial charge in [-0.15, -0.1) is 0 Å². The molecule has 23 heavy (non-hydrogen) atoms. The van der Waals surface area contributed by atoms with Crippen molar-refractivity contribution in [2.45, 2.75) is 103 Å². The van der Waals surface area contributed by atoms with Crippen LogP contribution in [0.3, 0.4) is 0 Å². The van der Waals surface area contributed by atoms with E-state index in [1.54, 1.807) is 6.92 Å². The lowest BCUT2D eigenvalue weighted by Gasteiger charge is -2.20. The van der Waals surface area contributed by atoms with Crippen LogP contribution in [-0.4, -0.2) is 29.7 Å². The lowest BCUT2D eigenvalue weighted by atomic mass is 9.97. The van der Waals surface area contributed by atoms with Crippen molar-refractivity contribution in [3.63, 3.8) is 0 Å². The summed E-state index contributed by atoms with van der Waals surface area (Å²) in [5, 5.41) is 12.8. The molecular formula is C19H40N2O2. The first-order valence-corrected chi connectivity index (χ1v) is 9.71. The third kappa shape index (κ3) is 16.0. The Morgan fingerprint density at radius 2 is 1.43 bits per heavy atom. The van der Waals surface area contributed by atoms with Gasteiger partial charge in [0.1, 0.15) is 0 Å². The van der Waals surface area contributed by atoms with Crippen molar-refractivity contribution in [2.24, 2.45) is 5.73 Å². The smallest absolute Gasteiger partial charge is 0.220 e. The molecule has 0 aromatic rings. The molecule has 0 rings (SSSR count). The van der Waals surface area contributed by atoms with Gasteiger partial charge in [-0.1, -0.05) is 58.3 Å². The summed E-state index contributed by atoms with van der Waals surface area (Å²) < 4.78 is 0. The molecule has 0 aliphatic rings. The lowest BCUT2D eigenvalue weighted by molar-refractivity contribution is -0.122. The van der Waals surface area contributed by atoms with Crippen LogP contribution in [0.15, 0.2) is 0 Å². The van der Waals surface area contributed by atoms with E-state index in [-0.39, 0.29) is 5.91 Å². The Bertz CT molecular complexity index is 281. The number of nitrogens with two attached hydrogens (primary N) is 1. The first-order chi connectivity index (χ1) is 11.0. The van der Waals surface area contributed by atoms with Crippen molar-refractivity contribution in [3.05, 3.63) is 0 Å². The average Bonchev–Trinajstić information content (AvgIpc) is 2.54. The maximum absolute atomic E-state index is 11.7. The van der Waals surface area contributed by atoms with Gasteiger partial charge in [-0.25, -0.2) is 0 Å². The van der Waals surface area contributed by atoms with Crippen molar-refractivity contribution in [1.82, 2.24) is 5.32 Å². The van der Waals surface area contributed by atoms with Gasteiger partial charge < -0.3 is 16.2 Å². The molecule has 1 amide bonds. The summed E-state index contributed by atoms with van der Waals surface area (Å²) in [4.78, 5) is 11.7. The Balaban J connectivity index is 3.25. The lowest BCUT2D eigenvalue weighted by Crippen LogP contribution is -2.29. The van der Waals surface area contributed by atoms with Crippen molar-refractivity contribution >= 4 is 5.91 Å². The number of hydrogen-bond donors (Lipinski definition) is 3. The molecule has 1 atom stereocenters. The van der Waals surface area contributed by atoms with E-state index in [0.29, 0.717) is 19.3 Å². The average molecular weight is 329 g/mol. The Kier molecular flexibility index (Phi) is 14.6. The molecule has 4 nitrogen and oxygen atoms in total. The molecule has 0 fully saturated rings. The van der Waals surface area contributed by atoms with Crippen LogP contribution in [0.2, 0.25) is 0 Å². The highest BCUT2D eigenvalue weighted by molar-refractivity contribution is 5.75. The molecule has 0 saturated carbocycles.